The number of fused-ring (bicyclic) bond motifs is 1. The number of nitrogen functional groups attached to an aromatic ring is 1. The third-order valence-corrected chi connectivity index (χ3v) is 3.19. The van der Waals surface area contributed by atoms with Crippen molar-refractivity contribution < 1.29 is 13.2 Å². The molecule has 1 aromatic carbocycles. The first-order valence-corrected chi connectivity index (χ1v) is 6.14. The van der Waals surface area contributed by atoms with E-state index in [0.29, 0.717) is 11.3 Å². The van der Waals surface area contributed by atoms with E-state index < -0.39 is 11.7 Å². The Labute approximate surface area is 118 Å². The van der Waals surface area contributed by atoms with Crippen molar-refractivity contribution in [3.8, 4) is 11.3 Å². The topological polar surface area (TPSA) is 56.2 Å². The van der Waals surface area contributed by atoms with Crippen molar-refractivity contribution in [1.82, 2.24) is 14.6 Å². The number of hydrogen-bond donors (Lipinski definition) is 1. The fourth-order valence-corrected chi connectivity index (χ4v) is 2.14. The predicted molar refractivity (Wildman–Crippen MR) is 72.6 cm³/mol. The van der Waals surface area contributed by atoms with Crippen LogP contribution >= 0.6 is 0 Å². The van der Waals surface area contributed by atoms with Crippen LogP contribution in [0.4, 0.5) is 18.9 Å². The highest BCUT2D eigenvalue weighted by atomic mass is 19.4. The third-order valence-electron chi connectivity index (χ3n) is 3.19. The second-order valence-corrected chi connectivity index (χ2v) is 4.72. The molecule has 0 aliphatic heterocycles. The number of anilines is 1. The number of nitrogens with two attached hydrogens (primary N) is 1. The standard InChI is InChI=1S/C14H11F3N4/c1-8-2-4-9(5-3-8)12-11(18)7-19-13-10(14(15,16)17)6-20-21(12)13/h2-7H,18H2,1H3. The molecule has 7 heteroatoms. The minimum Gasteiger partial charge on any atom is -0.396 e. The summed E-state index contributed by atoms with van der Waals surface area (Å²) in [6, 6.07) is 7.29. The fraction of sp³-hybridized carbons (Fsp3) is 0.143. The lowest BCUT2D eigenvalue weighted by Gasteiger charge is -2.09. The number of aromatic nitrogens is 3. The molecule has 0 unspecified atom stereocenters. The quantitative estimate of drug-likeness (QED) is 0.748. The smallest absolute Gasteiger partial charge is 0.396 e. The van der Waals surface area contributed by atoms with E-state index >= 15 is 0 Å². The van der Waals surface area contributed by atoms with E-state index in [1.807, 2.05) is 19.1 Å². The highest BCUT2D eigenvalue weighted by Gasteiger charge is 2.35. The highest BCUT2D eigenvalue weighted by molar-refractivity contribution is 5.75. The Morgan fingerprint density at radius 2 is 1.76 bits per heavy atom. The van der Waals surface area contributed by atoms with Gasteiger partial charge in [0.1, 0.15) is 5.56 Å². The summed E-state index contributed by atoms with van der Waals surface area (Å²) in [5.74, 6) is 0. The fourth-order valence-electron chi connectivity index (χ4n) is 2.14. The van der Waals surface area contributed by atoms with Gasteiger partial charge in [-0.15, -0.1) is 0 Å². The molecule has 0 atom stereocenters. The predicted octanol–water partition coefficient (Wildman–Crippen LogP) is 3.31. The van der Waals surface area contributed by atoms with Crippen LogP contribution in [0, 0.1) is 6.92 Å². The average molecular weight is 292 g/mol. The molecule has 0 radical (unpaired) electrons. The Hall–Kier alpha value is -2.57. The van der Waals surface area contributed by atoms with Crippen molar-refractivity contribution in [3.05, 3.63) is 47.8 Å². The minimum atomic E-state index is -4.50. The minimum absolute atomic E-state index is 0.257. The van der Waals surface area contributed by atoms with Gasteiger partial charge < -0.3 is 5.73 Å². The second-order valence-electron chi connectivity index (χ2n) is 4.72. The number of alkyl halides is 3. The number of benzene rings is 1. The monoisotopic (exact) mass is 292 g/mol. The van der Waals surface area contributed by atoms with Gasteiger partial charge in [-0.25, -0.2) is 9.50 Å². The van der Waals surface area contributed by atoms with Crippen LogP contribution in [-0.2, 0) is 6.18 Å². The zero-order valence-corrected chi connectivity index (χ0v) is 11.0. The van der Waals surface area contributed by atoms with Crippen molar-refractivity contribution in [1.29, 1.82) is 0 Å². The van der Waals surface area contributed by atoms with Gasteiger partial charge in [-0.2, -0.15) is 18.3 Å². The lowest BCUT2D eigenvalue weighted by molar-refractivity contribution is -0.136. The molecule has 2 aromatic heterocycles. The van der Waals surface area contributed by atoms with Crippen LogP contribution in [0.25, 0.3) is 16.9 Å². The molecule has 0 fully saturated rings. The SMILES string of the molecule is Cc1ccc(-c2c(N)cnc3c(C(F)(F)F)cnn23)cc1. The zero-order valence-electron chi connectivity index (χ0n) is 11.0. The summed E-state index contributed by atoms with van der Waals surface area (Å²) in [4.78, 5) is 3.77. The van der Waals surface area contributed by atoms with E-state index in [9.17, 15) is 13.2 Å². The second kappa shape index (κ2) is 4.47. The van der Waals surface area contributed by atoms with E-state index in [2.05, 4.69) is 10.1 Å². The molecule has 0 spiro atoms. The van der Waals surface area contributed by atoms with Crippen molar-refractivity contribution in [3.63, 3.8) is 0 Å². The van der Waals surface area contributed by atoms with Crippen LogP contribution in [0.1, 0.15) is 11.1 Å². The molecule has 3 rings (SSSR count). The number of rotatable bonds is 1. The Bertz CT molecular complexity index is 803. The molecule has 0 amide bonds. The van der Waals surface area contributed by atoms with Crippen LogP contribution in [0.2, 0.25) is 0 Å². The van der Waals surface area contributed by atoms with Gasteiger partial charge in [-0.05, 0) is 6.92 Å². The van der Waals surface area contributed by atoms with Gasteiger partial charge in [0.15, 0.2) is 5.65 Å². The van der Waals surface area contributed by atoms with Crippen molar-refractivity contribution >= 4 is 11.3 Å². The molecule has 3 aromatic rings. The summed E-state index contributed by atoms with van der Waals surface area (Å²) in [5.41, 5.74) is 7.12. The van der Waals surface area contributed by atoms with Crippen molar-refractivity contribution in [2.24, 2.45) is 0 Å². The number of nitrogens with zero attached hydrogens (tertiary/aromatic N) is 3. The van der Waals surface area contributed by atoms with Gasteiger partial charge >= 0.3 is 6.18 Å². The Balaban J connectivity index is 2.30. The zero-order chi connectivity index (χ0) is 15.2. The van der Waals surface area contributed by atoms with E-state index in [-0.39, 0.29) is 11.3 Å². The largest absolute Gasteiger partial charge is 0.421 e. The van der Waals surface area contributed by atoms with Crippen LogP contribution in [0.15, 0.2) is 36.7 Å². The molecule has 2 heterocycles. The average Bonchev–Trinajstić information content (AvgIpc) is 2.84. The number of hydrogen-bond acceptors (Lipinski definition) is 3. The Morgan fingerprint density at radius 1 is 1.10 bits per heavy atom. The van der Waals surface area contributed by atoms with Crippen molar-refractivity contribution in [2.45, 2.75) is 13.1 Å². The summed E-state index contributed by atoms with van der Waals surface area (Å²) in [5, 5.41) is 3.80. The van der Waals surface area contributed by atoms with Crippen LogP contribution in [-0.4, -0.2) is 14.6 Å². The third kappa shape index (κ3) is 2.20. The highest BCUT2D eigenvalue weighted by Crippen LogP contribution is 2.34. The summed E-state index contributed by atoms with van der Waals surface area (Å²) in [7, 11) is 0. The van der Waals surface area contributed by atoms with Crippen molar-refractivity contribution in [2.75, 3.05) is 5.73 Å². The Kier molecular flexibility index (Phi) is 2.86. The first kappa shape index (κ1) is 13.4. The number of halogens is 3. The van der Waals surface area contributed by atoms with Gasteiger partial charge in [0, 0.05) is 5.56 Å². The summed E-state index contributed by atoms with van der Waals surface area (Å²) in [6.07, 6.45) is -2.52. The normalized spacial score (nSPS) is 12.0. The van der Waals surface area contributed by atoms with Crippen LogP contribution < -0.4 is 5.73 Å². The van der Waals surface area contributed by atoms with Gasteiger partial charge in [-0.3, -0.25) is 0 Å². The maximum atomic E-state index is 12.9. The van der Waals surface area contributed by atoms with Gasteiger partial charge in [0.25, 0.3) is 0 Å². The molecule has 0 saturated carbocycles. The molecule has 0 aliphatic rings. The number of aryl methyl sites for hydroxylation is 1. The maximum Gasteiger partial charge on any atom is 0.421 e. The Morgan fingerprint density at radius 3 is 2.38 bits per heavy atom. The molecule has 0 bridgehead atoms. The molecule has 108 valence electrons. The lowest BCUT2D eigenvalue weighted by atomic mass is 10.1. The molecule has 21 heavy (non-hydrogen) atoms. The summed E-state index contributed by atoms with van der Waals surface area (Å²) < 4.78 is 39.9. The lowest BCUT2D eigenvalue weighted by Crippen LogP contribution is -2.07. The van der Waals surface area contributed by atoms with E-state index in [4.69, 9.17) is 5.73 Å². The van der Waals surface area contributed by atoms with Crippen LogP contribution in [0.3, 0.4) is 0 Å². The molecule has 4 nitrogen and oxygen atoms in total. The van der Waals surface area contributed by atoms with E-state index in [0.717, 1.165) is 16.3 Å². The van der Waals surface area contributed by atoms with Gasteiger partial charge in [0.05, 0.1) is 23.8 Å². The molecular weight excluding hydrogens is 281 g/mol. The summed E-state index contributed by atoms with van der Waals surface area (Å²) in [6.45, 7) is 1.92. The molecule has 0 saturated heterocycles. The molecule has 0 aliphatic carbocycles. The first-order chi connectivity index (χ1) is 9.88. The van der Waals surface area contributed by atoms with Gasteiger partial charge in [0.2, 0.25) is 0 Å². The summed E-state index contributed by atoms with van der Waals surface area (Å²) >= 11 is 0. The van der Waals surface area contributed by atoms with E-state index in [1.54, 1.807) is 12.1 Å². The van der Waals surface area contributed by atoms with Crippen LogP contribution in [0.5, 0.6) is 0 Å². The molecular formula is C14H11F3N4. The first-order valence-electron chi connectivity index (χ1n) is 6.14. The maximum absolute atomic E-state index is 12.9. The van der Waals surface area contributed by atoms with Gasteiger partial charge in [-0.1, -0.05) is 29.8 Å². The molecule has 2 N–H and O–H groups in total. The van der Waals surface area contributed by atoms with E-state index in [1.165, 1.54) is 6.20 Å².